The molecule has 4 bridgehead atoms. The number of benzene rings is 3. The Labute approximate surface area is 263 Å². The second kappa shape index (κ2) is 9.40. The van der Waals surface area contributed by atoms with Gasteiger partial charge in [-0.25, -0.2) is 0 Å². The highest BCUT2D eigenvalue weighted by Crippen LogP contribution is 2.58. The second-order valence-electron chi connectivity index (χ2n) is 13.9. The highest BCUT2D eigenvalue weighted by Gasteiger charge is 2.56. The molecule has 45 heavy (non-hydrogen) atoms. The zero-order valence-electron chi connectivity index (χ0n) is 26.0. The van der Waals surface area contributed by atoms with Crippen LogP contribution in [0.4, 0.5) is 11.4 Å². The van der Waals surface area contributed by atoms with Crippen molar-refractivity contribution in [3.63, 3.8) is 0 Å². The number of ether oxygens (including phenoxy) is 1. The largest absolute Gasteiger partial charge is 0.457 e. The molecule has 4 fully saturated rings. The lowest BCUT2D eigenvalue weighted by Gasteiger charge is -2.57. The molecule has 5 heterocycles. The summed E-state index contributed by atoms with van der Waals surface area (Å²) in [5, 5.41) is 12.4. The molecule has 9 heteroatoms. The van der Waals surface area contributed by atoms with Crippen molar-refractivity contribution in [3.05, 3.63) is 82.4 Å². The number of piperidine rings is 2. The predicted molar refractivity (Wildman–Crippen MR) is 174 cm³/mol. The van der Waals surface area contributed by atoms with Crippen LogP contribution in [0.3, 0.4) is 0 Å². The first-order valence-corrected chi connectivity index (χ1v) is 16.2. The molecule has 5 aliphatic heterocycles. The van der Waals surface area contributed by atoms with Gasteiger partial charge in [-0.05, 0) is 69.8 Å². The molecule has 1 spiro atoms. The van der Waals surface area contributed by atoms with Gasteiger partial charge < -0.3 is 29.7 Å². The molecule has 3 aromatic rings. The summed E-state index contributed by atoms with van der Waals surface area (Å²) in [6, 6.07) is 19.8. The Morgan fingerprint density at radius 2 is 1.36 bits per heavy atom. The molecule has 4 atom stereocenters. The minimum atomic E-state index is -1.18. The third-order valence-corrected chi connectivity index (χ3v) is 11.2. The number of nitrogens with zero attached hydrogens (tertiary/aromatic N) is 4. The van der Waals surface area contributed by atoms with Gasteiger partial charge in [0, 0.05) is 103 Å². The number of ketones is 1. The van der Waals surface area contributed by atoms with Gasteiger partial charge in [0.2, 0.25) is 5.78 Å². The van der Waals surface area contributed by atoms with Gasteiger partial charge in [-0.15, -0.1) is 0 Å². The summed E-state index contributed by atoms with van der Waals surface area (Å²) in [5.41, 5.74) is 4.25. The summed E-state index contributed by atoms with van der Waals surface area (Å²) in [7, 11) is 4.37. The summed E-state index contributed by atoms with van der Waals surface area (Å²) in [6.07, 6.45) is 2.39. The number of fused-ring (bicyclic) bond motifs is 10. The third-order valence-electron chi connectivity index (χ3n) is 11.2. The molecule has 2 N–H and O–H groups in total. The minimum Gasteiger partial charge on any atom is -0.457 e. The van der Waals surface area contributed by atoms with E-state index < -0.39 is 5.41 Å². The van der Waals surface area contributed by atoms with Crippen molar-refractivity contribution < 1.29 is 14.3 Å². The van der Waals surface area contributed by atoms with Crippen LogP contribution in [-0.2, 0) is 5.41 Å². The third kappa shape index (κ3) is 3.59. The molecule has 0 radical (unpaired) electrons. The van der Waals surface area contributed by atoms with Gasteiger partial charge in [0.15, 0.2) is 0 Å². The summed E-state index contributed by atoms with van der Waals surface area (Å²) in [6.45, 7) is 6.53. The lowest BCUT2D eigenvalue weighted by atomic mass is 9.67. The predicted octanol–water partition coefficient (Wildman–Crippen LogP) is 3.88. The molecule has 1 amide bonds. The zero-order valence-corrected chi connectivity index (χ0v) is 26.0. The maximum atomic E-state index is 13.9. The van der Waals surface area contributed by atoms with Crippen LogP contribution in [-0.4, -0.2) is 98.2 Å². The number of carbonyl (C=O) groups excluding carboxylic acids is 2. The van der Waals surface area contributed by atoms with Gasteiger partial charge in [-0.3, -0.25) is 15.0 Å². The van der Waals surface area contributed by atoms with Crippen LogP contribution in [0, 0.1) is 5.41 Å². The van der Waals surface area contributed by atoms with E-state index in [9.17, 15) is 15.0 Å². The van der Waals surface area contributed by atoms with Gasteiger partial charge in [-0.2, -0.15) is 0 Å². The van der Waals surface area contributed by atoms with Crippen LogP contribution in [0.2, 0.25) is 0 Å². The van der Waals surface area contributed by atoms with E-state index in [0.29, 0.717) is 58.9 Å². The SMILES string of the molecule is CCNC(=O)c1ccc2c(c1)C1(C(=N)C2=O)c2ccc(N3C4CC3CN(C)C4)cc2Oc2cc(N3C4CC3CN(C)C4)ccc21. The standard InChI is InChI=1S/C36H38N6O3/c1-4-38-35(44)20-5-8-27-30(11-20)36(34(37)33(27)43)28-9-6-21(41-23-12-24(41)17-39(2)16-23)14-31(28)45-32-15-22(7-10-29(32)36)42-25-13-26(42)19-40(3)18-25/h5-11,14-15,23-26,37H,4,12-13,16-19H2,1-3H3,(H,38,44). The fraction of sp³-hybridized carbons (Fsp3) is 0.417. The zero-order chi connectivity index (χ0) is 30.8. The van der Waals surface area contributed by atoms with Crippen molar-refractivity contribution in [1.82, 2.24) is 15.1 Å². The van der Waals surface area contributed by atoms with E-state index in [-0.39, 0.29) is 17.4 Å². The summed E-state index contributed by atoms with van der Waals surface area (Å²) in [4.78, 5) is 36.7. The van der Waals surface area contributed by atoms with Gasteiger partial charge in [0.05, 0.1) is 11.1 Å². The van der Waals surface area contributed by atoms with Crippen LogP contribution in [0.5, 0.6) is 11.5 Å². The highest BCUT2D eigenvalue weighted by molar-refractivity contribution is 6.53. The van der Waals surface area contributed by atoms with E-state index in [1.165, 1.54) is 12.8 Å². The molecular formula is C36H38N6O3. The average Bonchev–Trinajstić information content (AvgIpc) is 3.23. The summed E-state index contributed by atoms with van der Waals surface area (Å²) >= 11 is 0. The van der Waals surface area contributed by atoms with E-state index in [4.69, 9.17) is 4.74 Å². The van der Waals surface area contributed by atoms with Crippen molar-refractivity contribution in [2.75, 3.05) is 56.6 Å². The van der Waals surface area contributed by atoms with Gasteiger partial charge in [0.1, 0.15) is 11.5 Å². The lowest BCUT2D eigenvalue weighted by Crippen LogP contribution is -2.68. The number of Topliss-reactive ketones (excluding diaryl/α,β-unsaturated/α-hetero) is 1. The van der Waals surface area contributed by atoms with E-state index in [1.54, 1.807) is 12.1 Å². The Kier molecular flexibility index (Phi) is 5.67. The van der Waals surface area contributed by atoms with Crippen molar-refractivity contribution in [1.29, 1.82) is 5.41 Å². The molecule has 9 nitrogen and oxygen atoms in total. The molecule has 4 unspecified atom stereocenters. The fourth-order valence-electron chi connectivity index (χ4n) is 9.33. The van der Waals surface area contributed by atoms with Crippen LogP contribution >= 0.6 is 0 Å². The number of likely N-dealkylation sites (N-methyl/N-ethyl adjacent to an activating group) is 2. The number of amides is 1. The first-order valence-electron chi connectivity index (χ1n) is 16.2. The number of hydrogen-bond acceptors (Lipinski definition) is 8. The number of hydrogen-bond donors (Lipinski definition) is 2. The number of rotatable bonds is 4. The molecule has 4 saturated heterocycles. The Balaban J connectivity index is 1.22. The van der Waals surface area contributed by atoms with Crippen molar-refractivity contribution in [2.24, 2.45) is 0 Å². The summed E-state index contributed by atoms with van der Waals surface area (Å²) in [5.74, 6) is 0.851. The Bertz CT molecular complexity index is 1710. The van der Waals surface area contributed by atoms with Gasteiger partial charge in [0.25, 0.3) is 5.91 Å². The highest BCUT2D eigenvalue weighted by atomic mass is 16.5. The number of piperazine rings is 2. The van der Waals surface area contributed by atoms with Crippen LogP contribution < -0.4 is 19.9 Å². The number of likely N-dealkylation sites (tertiary alicyclic amines) is 2. The van der Waals surface area contributed by atoms with E-state index in [0.717, 1.165) is 48.7 Å². The molecule has 3 aromatic carbocycles. The normalized spacial score (nSPS) is 29.4. The molecule has 230 valence electrons. The molecule has 0 aromatic heterocycles. The van der Waals surface area contributed by atoms with Crippen molar-refractivity contribution >= 4 is 28.8 Å². The van der Waals surface area contributed by atoms with E-state index in [2.05, 4.69) is 75.4 Å². The lowest BCUT2D eigenvalue weighted by molar-refractivity contribution is 0.0954. The number of carbonyl (C=O) groups is 2. The molecular weight excluding hydrogens is 564 g/mol. The Morgan fingerprint density at radius 1 is 0.822 bits per heavy atom. The number of anilines is 2. The van der Waals surface area contributed by atoms with E-state index in [1.807, 2.05) is 13.0 Å². The summed E-state index contributed by atoms with van der Waals surface area (Å²) < 4.78 is 6.82. The van der Waals surface area contributed by atoms with E-state index >= 15 is 0 Å². The number of nitrogens with one attached hydrogen (secondary N) is 2. The first kappa shape index (κ1) is 27.1. The molecule has 6 aliphatic rings. The second-order valence-corrected chi connectivity index (χ2v) is 13.9. The topological polar surface area (TPSA) is 92.2 Å². The van der Waals surface area contributed by atoms with Crippen molar-refractivity contribution in [3.8, 4) is 11.5 Å². The Hall–Kier alpha value is -4.21. The van der Waals surface area contributed by atoms with Gasteiger partial charge in [-0.1, -0.05) is 12.1 Å². The maximum absolute atomic E-state index is 13.9. The first-order chi connectivity index (χ1) is 21.8. The quantitative estimate of drug-likeness (QED) is 0.469. The van der Waals surface area contributed by atoms with Crippen LogP contribution in [0.1, 0.15) is 57.2 Å². The molecule has 0 saturated carbocycles. The average molecular weight is 603 g/mol. The Morgan fingerprint density at radius 3 is 1.87 bits per heavy atom. The minimum absolute atomic E-state index is 0.00161. The monoisotopic (exact) mass is 602 g/mol. The van der Waals surface area contributed by atoms with Crippen molar-refractivity contribution in [2.45, 2.75) is 49.3 Å². The molecule has 1 aliphatic carbocycles. The maximum Gasteiger partial charge on any atom is 0.251 e. The smallest absolute Gasteiger partial charge is 0.251 e. The van der Waals surface area contributed by atoms with Gasteiger partial charge >= 0.3 is 0 Å². The van der Waals surface area contributed by atoms with Crippen LogP contribution in [0.15, 0.2) is 54.6 Å². The molecule has 9 rings (SSSR count). The fourth-order valence-corrected chi connectivity index (χ4v) is 9.33. The van der Waals surface area contributed by atoms with Crippen LogP contribution in [0.25, 0.3) is 0 Å².